The molecule has 9 heteroatoms. The van der Waals surface area contributed by atoms with Crippen molar-refractivity contribution in [2.75, 3.05) is 6.54 Å². The number of ether oxygens (including phenoxy) is 2. The average Bonchev–Trinajstić information content (AvgIpc) is 3.36. The Kier molecular flexibility index (Phi) is 8.14. The molecular weight excluding hydrogens is 484 g/mol. The first-order valence-corrected chi connectivity index (χ1v) is 13.9. The average molecular weight is 527 g/mol. The van der Waals surface area contributed by atoms with E-state index < -0.39 is 29.1 Å². The molecule has 1 amide bonds. The van der Waals surface area contributed by atoms with Gasteiger partial charge in [0, 0.05) is 11.8 Å². The zero-order valence-corrected chi connectivity index (χ0v) is 23.3. The molecule has 2 fully saturated rings. The van der Waals surface area contributed by atoms with Crippen LogP contribution in [0.25, 0.3) is 6.08 Å². The Bertz CT molecular complexity index is 1080. The van der Waals surface area contributed by atoms with Crippen LogP contribution in [0, 0.1) is 23.2 Å². The van der Waals surface area contributed by atoms with E-state index in [1.807, 2.05) is 34.6 Å². The summed E-state index contributed by atoms with van der Waals surface area (Å²) in [5, 5.41) is 0. The van der Waals surface area contributed by atoms with Crippen LogP contribution < -0.4 is 10.5 Å². The lowest BCUT2D eigenvalue weighted by Crippen LogP contribution is -2.46. The quantitative estimate of drug-likeness (QED) is 0.457. The van der Waals surface area contributed by atoms with Crippen molar-refractivity contribution in [3.05, 3.63) is 23.9 Å². The summed E-state index contributed by atoms with van der Waals surface area (Å²) in [6.07, 6.45) is 10.6. The maximum absolute atomic E-state index is 13.9. The van der Waals surface area contributed by atoms with Gasteiger partial charge in [0.2, 0.25) is 5.91 Å². The van der Waals surface area contributed by atoms with Gasteiger partial charge in [-0.3, -0.25) is 9.59 Å². The number of fused-ring (bicyclic) bond motifs is 4. The minimum atomic E-state index is -0.649. The van der Waals surface area contributed by atoms with Crippen molar-refractivity contribution in [3.63, 3.8) is 0 Å². The molecule has 3 heterocycles. The Morgan fingerprint density at radius 1 is 1.21 bits per heavy atom. The van der Waals surface area contributed by atoms with Crippen LogP contribution >= 0.6 is 0 Å². The first-order chi connectivity index (χ1) is 18.0. The number of aromatic nitrogens is 2. The van der Waals surface area contributed by atoms with Gasteiger partial charge in [-0.05, 0) is 50.3 Å². The first kappa shape index (κ1) is 28.0. The minimum Gasteiger partial charge on any atom is -0.485 e. The summed E-state index contributed by atoms with van der Waals surface area (Å²) in [4.78, 5) is 49.8. The van der Waals surface area contributed by atoms with E-state index in [1.165, 1.54) is 6.20 Å². The van der Waals surface area contributed by atoms with Crippen molar-refractivity contribution in [1.82, 2.24) is 14.9 Å². The van der Waals surface area contributed by atoms with Gasteiger partial charge in [-0.25, -0.2) is 9.97 Å². The monoisotopic (exact) mass is 526 g/mol. The van der Waals surface area contributed by atoms with Crippen molar-refractivity contribution in [3.8, 4) is 5.75 Å². The van der Waals surface area contributed by atoms with Gasteiger partial charge >= 0.3 is 5.97 Å². The summed E-state index contributed by atoms with van der Waals surface area (Å²) in [7, 11) is 0. The van der Waals surface area contributed by atoms with Crippen LogP contribution in [0.15, 0.2) is 12.4 Å². The zero-order chi connectivity index (χ0) is 27.7. The summed E-state index contributed by atoms with van der Waals surface area (Å²) in [5.74, 6) is -0.000976. The van der Waals surface area contributed by atoms with Crippen molar-refractivity contribution in [2.24, 2.45) is 28.9 Å². The maximum atomic E-state index is 13.9. The van der Waals surface area contributed by atoms with E-state index in [2.05, 4.69) is 9.97 Å². The number of aldehydes is 1. The third kappa shape index (κ3) is 6.02. The summed E-state index contributed by atoms with van der Waals surface area (Å²) >= 11 is 0. The van der Waals surface area contributed by atoms with Crippen LogP contribution in [0.1, 0.15) is 84.7 Å². The molecule has 2 bridgehead atoms. The topological polar surface area (TPSA) is 125 Å². The second kappa shape index (κ2) is 11.0. The first-order valence-electron chi connectivity index (χ1n) is 13.9. The maximum Gasteiger partial charge on any atom is 0.307 e. The molecule has 2 aliphatic heterocycles. The molecule has 0 radical (unpaired) electrons. The molecule has 208 valence electrons. The molecule has 1 aliphatic carbocycles. The molecule has 1 aromatic heterocycles. The highest BCUT2D eigenvalue weighted by molar-refractivity contribution is 5.87. The largest absolute Gasteiger partial charge is 0.485 e. The standard InChI is InChI=1S/C29H42N4O5/c1-18-22(17-34)33-16-24(18)37-23-15-31-25(11-12-30)32-21(23)10-8-6-7-9-19-14-29(19,5)38-26(35)13-20(27(33)36)28(2,3)4/h11-12,15,17-20,22,24H,6-10,13-14,16,30H2,1-5H3/t18-,19+,20+,22+,24-,29+/m0/s1. The highest BCUT2D eigenvalue weighted by atomic mass is 16.6. The SMILES string of the molecule is C[C@@H]1[C@@H]2CN(C(=O)[C@H](C(C)(C)C)CC(=O)O[C@]3(C)C[C@H]3CCCCCc3nc(C=CN)ncc3O2)[C@@H]1C=O. The predicted molar refractivity (Wildman–Crippen MR) is 143 cm³/mol. The van der Waals surface area contributed by atoms with Gasteiger partial charge in [0.1, 0.15) is 18.0 Å². The third-order valence-corrected chi connectivity index (χ3v) is 8.54. The lowest BCUT2D eigenvalue weighted by molar-refractivity contribution is -0.158. The van der Waals surface area contributed by atoms with E-state index in [9.17, 15) is 14.4 Å². The van der Waals surface area contributed by atoms with E-state index in [0.717, 1.165) is 44.1 Å². The molecule has 9 nitrogen and oxygen atoms in total. The van der Waals surface area contributed by atoms with E-state index in [1.54, 1.807) is 17.2 Å². The number of rotatable bonds is 2. The van der Waals surface area contributed by atoms with Crippen LogP contribution in [0.4, 0.5) is 0 Å². The normalized spacial score (nSPS) is 33.0. The van der Waals surface area contributed by atoms with E-state index >= 15 is 0 Å². The predicted octanol–water partition coefficient (Wildman–Crippen LogP) is 3.69. The molecule has 38 heavy (non-hydrogen) atoms. The summed E-state index contributed by atoms with van der Waals surface area (Å²) in [6, 6.07) is -0.649. The van der Waals surface area contributed by atoms with Crippen LogP contribution in [0.3, 0.4) is 0 Å². The molecular formula is C29H42N4O5. The van der Waals surface area contributed by atoms with Crippen LogP contribution in [-0.2, 0) is 25.5 Å². The molecule has 6 atom stereocenters. The number of carbonyl (C=O) groups excluding carboxylic acids is 3. The summed E-state index contributed by atoms with van der Waals surface area (Å²) in [5.41, 5.74) is 5.40. The second-order valence-electron chi connectivity index (χ2n) is 12.4. The van der Waals surface area contributed by atoms with E-state index in [0.29, 0.717) is 23.9 Å². The van der Waals surface area contributed by atoms with E-state index in [4.69, 9.17) is 15.2 Å². The van der Waals surface area contributed by atoms with Crippen LogP contribution in [0.2, 0.25) is 0 Å². The van der Waals surface area contributed by atoms with Gasteiger partial charge in [-0.1, -0.05) is 40.5 Å². The number of nitrogens with two attached hydrogens (primary N) is 1. The fraction of sp³-hybridized carbons (Fsp3) is 0.690. The molecule has 2 N–H and O–H groups in total. The van der Waals surface area contributed by atoms with Crippen molar-refractivity contribution >= 4 is 24.2 Å². The number of carbonyl (C=O) groups is 3. The van der Waals surface area contributed by atoms with Gasteiger partial charge in [-0.15, -0.1) is 0 Å². The fourth-order valence-corrected chi connectivity index (χ4v) is 5.85. The second-order valence-corrected chi connectivity index (χ2v) is 12.4. The third-order valence-electron chi connectivity index (χ3n) is 8.54. The fourth-order valence-electron chi connectivity index (χ4n) is 5.85. The minimum absolute atomic E-state index is 0.0132. The molecule has 1 aromatic rings. The Morgan fingerprint density at radius 3 is 2.66 bits per heavy atom. The molecule has 0 unspecified atom stereocenters. The smallest absolute Gasteiger partial charge is 0.307 e. The number of aryl methyl sites for hydroxylation is 1. The molecule has 0 spiro atoms. The van der Waals surface area contributed by atoms with Gasteiger partial charge in [-0.2, -0.15) is 0 Å². The highest BCUT2D eigenvalue weighted by Crippen LogP contribution is 2.50. The number of hydrogen-bond acceptors (Lipinski definition) is 8. The van der Waals surface area contributed by atoms with Crippen molar-refractivity contribution < 1.29 is 23.9 Å². The zero-order valence-electron chi connectivity index (χ0n) is 23.3. The Morgan fingerprint density at radius 2 is 1.97 bits per heavy atom. The lowest BCUT2D eigenvalue weighted by atomic mass is 9.77. The number of amides is 1. The Labute approximate surface area is 225 Å². The molecule has 1 saturated carbocycles. The van der Waals surface area contributed by atoms with Crippen LogP contribution in [-0.4, -0.2) is 57.3 Å². The van der Waals surface area contributed by atoms with Gasteiger partial charge in [0.05, 0.1) is 36.8 Å². The number of hydrogen-bond donors (Lipinski definition) is 1. The summed E-state index contributed by atoms with van der Waals surface area (Å²) < 4.78 is 12.3. The lowest BCUT2D eigenvalue weighted by Gasteiger charge is -2.34. The van der Waals surface area contributed by atoms with Gasteiger partial charge < -0.3 is 24.9 Å². The van der Waals surface area contributed by atoms with Crippen molar-refractivity contribution in [1.29, 1.82) is 0 Å². The highest BCUT2D eigenvalue weighted by Gasteiger charge is 2.54. The Balaban J connectivity index is 1.66. The molecule has 0 aromatic carbocycles. The molecule has 3 aliphatic rings. The number of esters is 1. The molecule has 1 saturated heterocycles. The van der Waals surface area contributed by atoms with Crippen molar-refractivity contribution in [2.45, 2.75) is 97.3 Å². The van der Waals surface area contributed by atoms with Gasteiger partial charge in [0.25, 0.3) is 0 Å². The molecule has 4 rings (SSSR count). The van der Waals surface area contributed by atoms with E-state index in [-0.39, 0.29) is 30.8 Å². The van der Waals surface area contributed by atoms with Crippen LogP contribution in [0.5, 0.6) is 5.75 Å². The van der Waals surface area contributed by atoms with Gasteiger partial charge in [0.15, 0.2) is 11.6 Å². The number of nitrogens with zero attached hydrogens (tertiary/aromatic N) is 3. The summed E-state index contributed by atoms with van der Waals surface area (Å²) in [6.45, 7) is 9.99. The Hall–Kier alpha value is -2.97.